The van der Waals surface area contributed by atoms with Crippen LogP contribution in [0.5, 0.6) is 0 Å². The second kappa shape index (κ2) is 14.9. The Morgan fingerprint density at radius 3 is 2.52 bits per heavy atom. The number of aryl methyl sites for hydroxylation is 1. The fraction of sp³-hybridized carbons (Fsp3) is 0.500. The number of carbonyl (C=O) groups is 2. The van der Waals surface area contributed by atoms with Gasteiger partial charge in [0.2, 0.25) is 5.88 Å². The molecule has 0 saturated heterocycles. The summed E-state index contributed by atoms with van der Waals surface area (Å²) in [6, 6.07) is 12.6. The topological polar surface area (TPSA) is 143 Å². The van der Waals surface area contributed by atoms with Crippen LogP contribution in [0.25, 0.3) is 11.1 Å². The van der Waals surface area contributed by atoms with Crippen molar-refractivity contribution < 1.29 is 27.3 Å². The summed E-state index contributed by atoms with van der Waals surface area (Å²) >= 11 is 0. The Kier molecular flexibility index (Phi) is 10.9. The van der Waals surface area contributed by atoms with E-state index in [1.807, 2.05) is 36.9 Å². The van der Waals surface area contributed by atoms with Crippen molar-refractivity contribution in [3.05, 3.63) is 64.8 Å². The molecule has 1 fully saturated rings. The number of aliphatic imine (C=N–C) groups is 1. The number of ether oxygens (including phenoxy) is 1. The van der Waals surface area contributed by atoms with Crippen molar-refractivity contribution in [3.8, 4) is 11.1 Å². The minimum atomic E-state index is -4.07. The predicted octanol–water partition coefficient (Wildman–Crippen LogP) is 6.93. The summed E-state index contributed by atoms with van der Waals surface area (Å²) in [5.74, 6) is 1.20. The Morgan fingerprint density at radius 1 is 1.08 bits per heavy atom. The van der Waals surface area contributed by atoms with E-state index in [0.29, 0.717) is 42.0 Å². The Balaban J connectivity index is 1.48. The number of benzene rings is 2. The standard InChI is InChI=1S/C36H47N5O6S/c1-6-7-14-32-38-36(18-10-11-19-36)34(42)41(32)22-27-15-16-29(28(21-27)17-20-37-35(43)46-23-24(2)3)30-12-8-9-13-31(30)48(44,45)40-33-25(4)26(5)39-47-33/h8-9,12-13,15-16,21,24,40H,6-7,10-11,14,17-20,22-23H2,1-5H3,(H,37,43). The van der Waals surface area contributed by atoms with E-state index < -0.39 is 21.7 Å². The monoisotopic (exact) mass is 677 g/mol. The zero-order chi connectivity index (χ0) is 34.5. The maximum absolute atomic E-state index is 13.8. The smallest absolute Gasteiger partial charge is 0.407 e. The Hall–Kier alpha value is -4.19. The number of nitrogens with zero attached hydrogens (tertiary/aromatic N) is 3. The van der Waals surface area contributed by atoms with E-state index in [0.717, 1.165) is 61.9 Å². The molecule has 5 rings (SSSR count). The van der Waals surface area contributed by atoms with Crippen molar-refractivity contribution in [2.45, 2.75) is 103 Å². The van der Waals surface area contributed by atoms with Crippen molar-refractivity contribution in [1.29, 1.82) is 0 Å². The van der Waals surface area contributed by atoms with Crippen LogP contribution in [0, 0.1) is 19.8 Å². The minimum Gasteiger partial charge on any atom is -0.449 e. The first-order valence-electron chi connectivity index (χ1n) is 16.9. The number of carbonyl (C=O) groups excluding carboxylic acids is 2. The summed E-state index contributed by atoms with van der Waals surface area (Å²) in [5.41, 5.74) is 3.48. The van der Waals surface area contributed by atoms with Gasteiger partial charge in [-0.15, -0.1) is 0 Å². The summed E-state index contributed by atoms with van der Waals surface area (Å²) < 4.78 is 40.6. The Labute approximate surface area is 283 Å². The zero-order valence-electron chi connectivity index (χ0n) is 28.6. The number of anilines is 1. The molecule has 2 amide bonds. The van der Waals surface area contributed by atoms with Gasteiger partial charge < -0.3 is 14.6 Å². The highest BCUT2D eigenvalue weighted by Crippen LogP contribution is 2.40. The molecule has 1 aliphatic carbocycles. The quantitative estimate of drug-likeness (QED) is 0.188. The molecular formula is C36H47N5O6S. The summed E-state index contributed by atoms with van der Waals surface area (Å²) in [4.78, 5) is 33.2. The summed E-state index contributed by atoms with van der Waals surface area (Å²) in [6.07, 6.45) is 6.18. The van der Waals surface area contributed by atoms with Gasteiger partial charge in [-0.3, -0.25) is 14.7 Å². The van der Waals surface area contributed by atoms with Crippen LogP contribution in [0.1, 0.15) is 88.1 Å². The number of unbranched alkanes of at least 4 members (excludes halogenated alkanes) is 1. The van der Waals surface area contributed by atoms with Crippen LogP contribution in [-0.2, 0) is 32.5 Å². The van der Waals surface area contributed by atoms with Crippen LogP contribution in [0.2, 0.25) is 0 Å². The molecule has 2 aromatic carbocycles. The number of amidine groups is 1. The second-order valence-corrected chi connectivity index (χ2v) is 14.9. The number of hydrogen-bond acceptors (Lipinski definition) is 8. The number of rotatable bonds is 14. The molecule has 2 heterocycles. The highest BCUT2D eigenvalue weighted by molar-refractivity contribution is 7.92. The van der Waals surface area contributed by atoms with Crippen LogP contribution in [0.15, 0.2) is 56.9 Å². The van der Waals surface area contributed by atoms with Gasteiger partial charge in [0.05, 0.1) is 23.7 Å². The lowest BCUT2D eigenvalue weighted by atomic mass is 9.94. The highest BCUT2D eigenvalue weighted by atomic mass is 32.2. The van der Waals surface area contributed by atoms with Gasteiger partial charge in [-0.25, -0.2) is 17.9 Å². The third-order valence-corrected chi connectivity index (χ3v) is 10.4. The molecule has 12 heteroatoms. The molecule has 11 nitrogen and oxygen atoms in total. The molecule has 1 aliphatic heterocycles. The first kappa shape index (κ1) is 35.1. The predicted molar refractivity (Wildman–Crippen MR) is 185 cm³/mol. The average Bonchev–Trinajstić information content (AvgIpc) is 3.74. The average molecular weight is 678 g/mol. The number of hydrogen-bond donors (Lipinski definition) is 2. The molecule has 0 atom stereocenters. The van der Waals surface area contributed by atoms with Crippen LogP contribution in [0.4, 0.5) is 10.7 Å². The SMILES string of the molecule is CCCCC1=NC2(CCCC2)C(=O)N1Cc1ccc(-c2ccccc2S(=O)(=O)Nc2onc(C)c2C)c(CCNC(=O)OCC(C)C)c1. The molecule has 0 bridgehead atoms. The number of amides is 2. The molecule has 258 valence electrons. The van der Waals surface area contributed by atoms with E-state index in [1.165, 1.54) is 0 Å². The number of sulfonamides is 1. The third-order valence-electron chi connectivity index (χ3n) is 9.06. The van der Waals surface area contributed by atoms with E-state index in [4.69, 9.17) is 14.3 Å². The fourth-order valence-electron chi connectivity index (χ4n) is 6.30. The van der Waals surface area contributed by atoms with Crippen LogP contribution in [0.3, 0.4) is 0 Å². The van der Waals surface area contributed by atoms with Gasteiger partial charge in [-0.05, 0) is 68.2 Å². The van der Waals surface area contributed by atoms with Crippen molar-refractivity contribution in [1.82, 2.24) is 15.4 Å². The Bertz CT molecular complexity index is 1770. The van der Waals surface area contributed by atoms with E-state index in [2.05, 4.69) is 22.1 Å². The van der Waals surface area contributed by atoms with Gasteiger partial charge in [0, 0.05) is 24.1 Å². The maximum Gasteiger partial charge on any atom is 0.407 e. The third kappa shape index (κ3) is 7.75. The lowest BCUT2D eigenvalue weighted by Gasteiger charge is -2.23. The molecule has 0 unspecified atom stereocenters. The summed E-state index contributed by atoms with van der Waals surface area (Å²) in [5, 5.41) is 6.70. The van der Waals surface area contributed by atoms with Gasteiger partial charge in [-0.1, -0.05) is 81.6 Å². The van der Waals surface area contributed by atoms with E-state index in [9.17, 15) is 18.0 Å². The molecule has 3 aromatic rings. The molecule has 1 aromatic heterocycles. The molecule has 0 radical (unpaired) electrons. The first-order valence-corrected chi connectivity index (χ1v) is 18.4. The van der Waals surface area contributed by atoms with Gasteiger partial charge in [0.1, 0.15) is 11.4 Å². The Morgan fingerprint density at radius 2 is 1.83 bits per heavy atom. The number of aromatic nitrogens is 1. The molecule has 48 heavy (non-hydrogen) atoms. The molecular weight excluding hydrogens is 630 g/mol. The van der Waals surface area contributed by atoms with Gasteiger partial charge in [-0.2, -0.15) is 0 Å². The van der Waals surface area contributed by atoms with Gasteiger partial charge in [0.25, 0.3) is 15.9 Å². The highest BCUT2D eigenvalue weighted by Gasteiger charge is 2.49. The molecule has 2 aliphatic rings. The number of alkyl carbamates (subject to hydrolysis) is 1. The lowest BCUT2D eigenvalue weighted by Crippen LogP contribution is -2.40. The van der Waals surface area contributed by atoms with Crippen LogP contribution >= 0.6 is 0 Å². The maximum atomic E-state index is 13.8. The number of nitrogens with one attached hydrogen (secondary N) is 2. The minimum absolute atomic E-state index is 0.0674. The normalized spacial score (nSPS) is 15.8. The molecule has 2 N–H and O–H groups in total. The molecule has 1 saturated carbocycles. The summed E-state index contributed by atoms with van der Waals surface area (Å²) in [7, 11) is -4.07. The summed E-state index contributed by atoms with van der Waals surface area (Å²) in [6.45, 7) is 10.5. The van der Waals surface area contributed by atoms with E-state index >= 15 is 0 Å². The zero-order valence-corrected chi connectivity index (χ0v) is 29.4. The largest absolute Gasteiger partial charge is 0.449 e. The van der Waals surface area contributed by atoms with Crippen LogP contribution < -0.4 is 10.0 Å². The first-order chi connectivity index (χ1) is 22.9. The van der Waals surface area contributed by atoms with Crippen molar-refractivity contribution in [3.63, 3.8) is 0 Å². The lowest BCUT2D eigenvalue weighted by molar-refractivity contribution is -0.131. The van der Waals surface area contributed by atoms with E-state index in [1.54, 1.807) is 38.1 Å². The van der Waals surface area contributed by atoms with Crippen molar-refractivity contribution in [2.75, 3.05) is 17.9 Å². The fourth-order valence-corrected chi connectivity index (χ4v) is 7.57. The van der Waals surface area contributed by atoms with E-state index in [-0.39, 0.29) is 29.1 Å². The van der Waals surface area contributed by atoms with Crippen molar-refractivity contribution >= 4 is 33.7 Å². The van der Waals surface area contributed by atoms with Gasteiger partial charge in [0.15, 0.2) is 0 Å². The molecule has 1 spiro atoms. The second-order valence-electron chi connectivity index (χ2n) is 13.2. The van der Waals surface area contributed by atoms with Gasteiger partial charge >= 0.3 is 6.09 Å². The van der Waals surface area contributed by atoms with Crippen LogP contribution in [-0.4, -0.2) is 55.0 Å². The van der Waals surface area contributed by atoms with Crippen molar-refractivity contribution in [2.24, 2.45) is 10.9 Å².